The number of carbonyl (C=O) groups is 1. The maximum absolute atomic E-state index is 11.8. The Kier molecular flexibility index (Phi) is 4.05. The summed E-state index contributed by atoms with van der Waals surface area (Å²) in [6, 6.07) is 0.376. The number of amides is 1. The SMILES string of the molecule is CC1(C)CCCNC1CNC(=O)[C@@H]1CCCO1. The highest BCUT2D eigenvalue weighted by atomic mass is 16.5. The molecule has 0 aliphatic carbocycles. The number of piperidine rings is 1. The lowest BCUT2D eigenvalue weighted by atomic mass is 9.77. The molecule has 0 radical (unpaired) electrons. The molecular formula is C13H24N2O2. The van der Waals surface area contributed by atoms with E-state index in [1.54, 1.807) is 0 Å². The van der Waals surface area contributed by atoms with E-state index in [0.717, 1.165) is 26.0 Å². The van der Waals surface area contributed by atoms with Crippen molar-refractivity contribution in [3.8, 4) is 0 Å². The van der Waals surface area contributed by atoms with E-state index in [-0.39, 0.29) is 17.4 Å². The Morgan fingerprint density at radius 3 is 2.94 bits per heavy atom. The second kappa shape index (κ2) is 5.36. The standard InChI is InChI=1S/C13H24N2O2/c1-13(2)6-4-7-14-11(13)9-15-12(16)10-5-3-8-17-10/h10-11,14H,3-9H2,1-2H3,(H,15,16)/t10-,11?/m0/s1. The fraction of sp³-hybridized carbons (Fsp3) is 0.923. The van der Waals surface area contributed by atoms with Gasteiger partial charge < -0.3 is 15.4 Å². The molecule has 2 fully saturated rings. The van der Waals surface area contributed by atoms with Gasteiger partial charge in [-0.15, -0.1) is 0 Å². The van der Waals surface area contributed by atoms with Crippen LogP contribution < -0.4 is 10.6 Å². The van der Waals surface area contributed by atoms with Gasteiger partial charge in [-0.25, -0.2) is 0 Å². The summed E-state index contributed by atoms with van der Waals surface area (Å²) >= 11 is 0. The third-order valence-electron chi connectivity index (χ3n) is 4.03. The van der Waals surface area contributed by atoms with Crippen LogP contribution in [0.1, 0.15) is 39.5 Å². The highest BCUT2D eigenvalue weighted by Crippen LogP contribution is 2.29. The monoisotopic (exact) mass is 240 g/mol. The van der Waals surface area contributed by atoms with Gasteiger partial charge >= 0.3 is 0 Å². The number of carbonyl (C=O) groups excluding carboxylic acids is 1. The van der Waals surface area contributed by atoms with E-state index in [1.807, 2.05) is 0 Å². The van der Waals surface area contributed by atoms with Crippen LogP contribution in [0.2, 0.25) is 0 Å². The molecule has 0 saturated carbocycles. The van der Waals surface area contributed by atoms with E-state index in [1.165, 1.54) is 12.8 Å². The van der Waals surface area contributed by atoms with E-state index >= 15 is 0 Å². The molecule has 1 amide bonds. The first-order valence-electron chi connectivity index (χ1n) is 6.72. The van der Waals surface area contributed by atoms with E-state index in [2.05, 4.69) is 24.5 Å². The van der Waals surface area contributed by atoms with Gasteiger partial charge in [0.2, 0.25) is 5.91 Å². The quantitative estimate of drug-likeness (QED) is 0.775. The summed E-state index contributed by atoms with van der Waals surface area (Å²) in [5.74, 6) is 0.0608. The van der Waals surface area contributed by atoms with Gasteiger partial charge in [0.15, 0.2) is 0 Å². The van der Waals surface area contributed by atoms with Crippen LogP contribution in [-0.2, 0) is 9.53 Å². The van der Waals surface area contributed by atoms with E-state index in [4.69, 9.17) is 4.74 Å². The largest absolute Gasteiger partial charge is 0.368 e. The molecule has 0 bridgehead atoms. The molecule has 2 heterocycles. The smallest absolute Gasteiger partial charge is 0.249 e. The van der Waals surface area contributed by atoms with E-state index in [0.29, 0.717) is 12.6 Å². The first-order valence-corrected chi connectivity index (χ1v) is 6.72. The minimum absolute atomic E-state index is 0.0608. The minimum atomic E-state index is -0.207. The number of nitrogens with one attached hydrogen (secondary N) is 2. The Balaban J connectivity index is 1.78. The molecule has 4 heteroatoms. The first kappa shape index (κ1) is 12.8. The number of ether oxygens (including phenoxy) is 1. The summed E-state index contributed by atoms with van der Waals surface area (Å²) in [4.78, 5) is 11.8. The van der Waals surface area contributed by atoms with Crippen molar-refractivity contribution in [2.45, 2.75) is 51.7 Å². The molecule has 0 aromatic heterocycles. The lowest BCUT2D eigenvalue weighted by molar-refractivity contribution is -0.130. The Hall–Kier alpha value is -0.610. The molecule has 2 aliphatic rings. The van der Waals surface area contributed by atoms with Gasteiger partial charge in [0, 0.05) is 19.2 Å². The molecule has 0 spiro atoms. The zero-order valence-corrected chi connectivity index (χ0v) is 10.9. The van der Waals surface area contributed by atoms with Crippen LogP contribution in [0.5, 0.6) is 0 Å². The van der Waals surface area contributed by atoms with E-state index < -0.39 is 0 Å². The lowest BCUT2D eigenvalue weighted by Crippen LogP contribution is -2.53. The molecule has 17 heavy (non-hydrogen) atoms. The number of rotatable bonds is 3. The molecule has 98 valence electrons. The van der Waals surface area contributed by atoms with Crippen molar-refractivity contribution in [3.63, 3.8) is 0 Å². The summed E-state index contributed by atoms with van der Waals surface area (Å²) in [6.07, 6.45) is 4.11. The topological polar surface area (TPSA) is 50.4 Å². The maximum atomic E-state index is 11.8. The zero-order chi connectivity index (χ0) is 12.3. The molecule has 2 saturated heterocycles. The molecule has 2 aliphatic heterocycles. The molecule has 2 rings (SSSR count). The second-order valence-electron chi connectivity index (χ2n) is 5.85. The Bertz CT molecular complexity index is 273. The highest BCUT2D eigenvalue weighted by Gasteiger charge is 2.33. The Morgan fingerprint density at radius 2 is 2.29 bits per heavy atom. The molecule has 4 nitrogen and oxygen atoms in total. The lowest BCUT2D eigenvalue weighted by Gasteiger charge is -2.39. The third-order valence-corrected chi connectivity index (χ3v) is 4.03. The van der Waals surface area contributed by atoms with Gasteiger partial charge in [-0.05, 0) is 37.6 Å². The average molecular weight is 240 g/mol. The third kappa shape index (κ3) is 3.19. The predicted octanol–water partition coefficient (Wildman–Crippen LogP) is 1.06. The Labute approximate surface area is 103 Å². The number of hydrogen-bond acceptors (Lipinski definition) is 3. The Morgan fingerprint density at radius 1 is 1.47 bits per heavy atom. The molecular weight excluding hydrogens is 216 g/mol. The van der Waals surface area contributed by atoms with Crippen LogP contribution in [-0.4, -0.2) is 37.7 Å². The summed E-state index contributed by atoms with van der Waals surface area (Å²) < 4.78 is 5.37. The molecule has 0 aromatic carbocycles. The highest BCUT2D eigenvalue weighted by molar-refractivity contribution is 5.80. The van der Waals surface area contributed by atoms with Crippen LogP contribution in [0.3, 0.4) is 0 Å². The van der Waals surface area contributed by atoms with Crippen molar-refractivity contribution in [1.82, 2.24) is 10.6 Å². The van der Waals surface area contributed by atoms with Crippen LogP contribution in [0.4, 0.5) is 0 Å². The van der Waals surface area contributed by atoms with Gasteiger partial charge in [-0.2, -0.15) is 0 Å². The van der Waals surface area contributed by atoms with Crippen molar-refractivity contribution in [2.24, 2.45) is 5.41 Å². The predicted molar refractivity (Wildman–Crippen MR) is 66.8 cm³/mol. The van der Waals surface area contributed by atoms with Crippen LogP contribution in [0.25, 0.3) is 0 Å². The summed E-state index contributed by atoms with van der Waals surface area (Å²) in [6.45, 7) is 7.03. The summed E-state index contributed by atoms with van der Waals surface area (Å²) in [7, 11) is 0. The summed E-state index contributed by atoms with van der Waals surface area (Å²) in [5, 5.41) is 6.52. The van der Waals surface area contributed by atoms with Crippen molar-refractivity contribution in [2.75, 3.05) is 19.7 Å². The van der Waals surface area contributed by atoms with E-state index in [9.17, 15) is 4.79 Å². The number of hydrogen-bond donors (Lipinski definition) is 2. The molecule has 2 atom stereocenters. The summed E-state index contributed by atoms with van der Waals surface area (Å²) in [5.41, 5.74) is 0.266. The molecule has 2 N–H and O–H groups in total. The fourth-order valence-electron chi connectivity index (χ4n) is 2.72. The van der Waals surface area contributed by atoms with Crippen LogP contribution in [0, 0.1) is 5.41 Å². The first-order chi connectivity index (χ1) is 8.09. The minimum Gasteiger partial charge on any atom is -0.368 e. The average Bonchev–Trinajstić information content (AvgIpc) is 2.80. The van der Waals surface area contributed by atoms with Crippen LogP contribution in [0.15, 0.2) is 0 Å². The van der Waals surface area contributed by atoms with Crippen LogP contribution >= 0.6 is 0 Å². The van der Waals surface area contributed by atoms with Crippen molar-refractivity contribution >= 4 is 5.91 Å². The molecule has 1 unspecified atom stereocenters. The van der Waals surface area contributed by atoms with Crippen molar-refractivity contribution in [3.05, 3.63) is 0 Å². The van der Waals surface area contributed by atoms with Crippen molar-refractivity contribution < 1.29 is 9.53 Å². The van der Waals surface area contributed by atoms with Gasteiger partial charge in [0.1, 0.15) is 6.10 Å². The second-order valence-corrected chi connectivity index (χ2v) is 5.85. The normalized spacial score (nSPS) is 32.4. The zero-order valence-electron chi connectivity index (χ0n) is 10.9. The van der Waals surface area contributed by atoms with Gasteiger partial charge in [-0.3, -0.25) is 4.79 Å². The van der Waals surface area contributed by atoms with Gasteiger partial charge in [0.05, 0.1) is 0 Å². The fourth-order valence-corrected chi connectivity index (χ4v) is 2.72. The molecule has 0 aromatic rings. The maximum Gasteiger partial charge on any atom is 0.249 e. The van der Waals surface area contributed by atoms with Crippen molar-refractivity contribution in [1.29, 1.82) is 0 Å². The van der Waals surface area contributed by atoms with Gasteiger partial charge in [0.25, 0.3) is 0 Å². The van der Waals surface area contributed by atoms with Gasteiger partial charge in [-0.1, -0.05) is 13.8 Å².